The summed E-state index contributed by atoms with van der Waals surface area (Å²) < 4.78 is 5.26. The third kappa shape index (κ3) is 4.08. The number of ether oxygens (including phenoxy) is 1. The first kappa shape index (κ1) is 19.7. The number of fused-ring (bicyclic) bond motifs is 1. The number of para-hydroxylation sites is 1. The number of aromatic nitrogens is 2. The van der Waals surface area contributed by atoms with Crippen molar-refractivity contribution in [2.24, 2.45) is 0 Å². The van der Waals surface area contributed by atoms with Crippen molar-refractivity contribution >= 4 is 33.8 Å². The highest BCUT2D eigenvalue weighted by atomic mass is 16.6. The fourth-order valence-corrected chi connectivity index (χ4v) is 3.08. The van der Waals surface area contributed by atoms with Crippen LogP contribution in [0, 0.1) is 20.2 Å². The predicted octanol–water partition coefficient (Wildman–Crippen LogP) is 4.87. The lowest BCUT2D eigenvalue weighted by atomic mass is 10.1. The summed E-state index contributed by atoms with van der Waals surface area (Å²) in [6.45, 7) is 0. The van der Waals surface area contributed by atoms with E-state index in [0.29, 0.717) is 33.9 Å². The zero-order chi connectivity index (χ0) is 22.0. The van der Waals surface area contributed by atoms with E-state index < -0.39 is 21.2 Å². The third-order valence-electron chi connectivity index (χ3n) is 4.52. The lowest BCUT2D eigenvalue weighted by Gasteiger charge is -2.11. The fourth-order valence-electron chi connectivity index (χ4n) is 3.08. The van der Waals surface area contributed by atoms with E-state index in [4.69, 9.17) is 4.74 Å². The Bertz CT molecular complexity index is 1290. The molecule has 10 nitrogen and oxygen atoms in total. The van der Waals surface area contributed by atoms with Crippen molar-refractivity contribution in [2.45, 2.75) is 0 Å². The fraction of sp³-hybridized carbons (Fsp3) is 0.0476. The maximum absolute atomic E-state index is 11.2. The second-order valence-electron chi connectivity index (χ2n) is 6.52. The summed E-state index contributed by atoms with van der Waals surface area (Å²) in [4.78, 5) is 30.2. The second-order valence-corrected chi connectivity index (χ2v) is 6.52. The van der Waals surface area contributed by atoms with Crippen molar-refractivity contribution in [1.82, 2.24) is 9.97 Å². The lowest BCUT2D eigenvalue weighted by molar-refractivity contribution is -0.394. The largest absolute Gasteiger partial charge is 0.497 e. The van der Waals surface area contributed by atoms with Crippen LogP contribution in [-0.2, 0) is 0 Å². The Balaban J connectivity index is 1.86. The van der Waals surface area contributed by atoms with Crippen LogP contribution in [0.15, 0.2) is 66.7 Å². The van der Waals surface area contributed by atoms with Gasteiger partial charge in [0.15, 0.2) is 5.82 Å². The molecule has 0 atom stereocenters. The number of methoxy groups -OCH3 is 1. The van der Waals surface area contributed by atoms with E-state index in [1.165, 1.54) is 12.1 Å². The summed E-state index contributed by atoms with van der Waals surface area (Å²) in [5.74, 6) is 1.40. The van der Waals surface area contributed by atoms with Gasteiger partial charge in [-0.25, -0.2) is 9.97 Å². The van der Waals surface area contributed by atoms with Crippen LogP contribution in [-0.4, -0.2) is 26.9 Å². The zero-order valence-corrected chi connectivity index (χ0v) is 16.2. The number of rotatable bonds is 6. The van der Waals surface area contributed by atoms with Gasteiger partial charge in [-0.1, -0.05) is 24.3 Å². The predicted molar refractivity (Wildman–Crippen MR) is 115 cm³/mol. The minimum Gasteiger partial charge on any atom is -0.497 e. The van der Waals surface area contributed by atoms with Gasteiger partial charge in [-0.2, -0.15) is 0 Å². The van der Waals surface area contributed by atoms with Crippen LogP contribution in [0.2, 0.25) is 0 Å². The van der Waals surface area contributed by atoms with Gasteiger partial charge in [-0.3, -0.25) is 20.2 Å². The van der Waals surface area contributed by atoms with E-state index in [2.05, 4.69) is 15.3 Å². The van der Waals surface area contributed by atoms with Gasteiger partial charge in [0, 0.05) is 23.1 Å². The van der Waals surface area contributed by atoms with Crippen LogP contribution in [0.25, 0.3) is 22.3 Å². The summed E-state index contributed by atoms with van der Waals surface area (Å²) in [5.41, 5.74) is 0.712. The first-order valence-corrected chi connectivity index (χ1v) is 9.07. The van der Waals surface area contributed by atoms with Crippen molar-refractivity contribution in [3.8, 4) is 17.1 Å². The molecule has 0 bridgehead atoms. The van der Waals surface area contributed by atoms with E-state index in [-0.39, 0.29) is 5.69 Å². The molecule has 4 rings (SSSR count). The number of anilines is 2. The highest BCUT2D eigenvalue weighted by Crippen LogP contribution is 2.31. The third-order valence-corrected chi connectivity index (χ3v) is 4.52. The summed E-state index contributed by atoms with van der Waals surface area (Å²) in [5, 5.41) is 26.1. The van der Waals surface area contributed by atoms with Crippen LogP contribution in [0.4, 0.5) is 22.9 Å². The Morgan fingerprint density at radius 1 is 0.871 bits per heavy atom. The van der Waals surface area contributed by atoms with E-state index in [9.17, 15) is 20.2 Å². The first-order valence-electron chi connectivity index (χ1n) is 9.07. The minimum atomic E-state index is -0.683. The number of hydrogen-bond acceptors (Lipinski definition) is 8. The van der Waals surface area contributed by atoms with E-state index >= 15 is 0 Å². The summed E-state index contributed by atoms with van der Waals surface area (Å²) in [6, 6.07) is 17.8. The molecule has 0 spiro atoms. The highest BCUT2D eigenvalue weighted by Gasteiger charge is 2.18. The summed E-state index contributed by atoms with van der Waals surface area (Å²) >= 11 is 0. The van der Waals surface area contributed by atoms with Crippen molar-refractivity contribution in [3.05, 3.63) is 87.0 Å². The van der Waals surface area contributed by atoms with E-state index in [0.717, 1.165) is 6.07 Å². The lowest BCUT2D eigenvalue weighted by Crippen LogP contribution is -2.01. The molecule has 1 heterocycles. The molecule has 1 aromatic heterocycles. The van der Waals surface area contributed by atoms with Gasteiger partial charge < -0.3 is 10.1 Å². The Morgan fingerprint density at radius 3 is 2.26 bits per heavy atom. The summed E-state index contributed by atoms with van der Waals surface area (Å²) in [6.07, 6.45) is 0. The molecule has 0 aliphatic carbocycles. The number of nitrogens with one attached hydrogen (secondary N) is 1. The molecule has 154 valence electrons. The van der Waals surface area contributed by atoms with Crippen LogP contribution in [0.3, 0.4) is 0 Å². The Morgan fingerprint density at radius 2 is 1.58 bits per heavy atom. The first-order chi connectivity index (χ1) is 14.9. The van der Waals surface area contributed by atoms with Crippen LogP contribution < -0.4 is 10.1 Å². The SMILES string of the molecule is COc1cccc(-c2nc(Nc3cc([N+](=O)[O-])cc([N+](=O)[O-])c3)c3ccccc3n2)c1. The van der Waals surface area contributed by atoms with Crippen LogP contribution in [0.1, 0.15) is 0 Å². The molecule has 1 N–H and O–H groups in total. The second kappa shape index (κ2) is 8.03. The van der Waals surface area contributed by atoms with Crippen molar-refractivity contribution in [2.75, 3.05) is 12.4 Å². The number of nitro groups is 2. The van der Waals surface area contributed by atoms with E-state index in [1.54, 1.807) is 31.4 Å². The number of nitrogens with zero attached hydrogens (tertiary/aromatic N) is 4. The number of benzene rings is 3. The smallest absolute Gasteiger partial charge is 0.278 e. The summed E-state index contributed by atoms with van der Waals surface area (Å²) in [7, 11) is 1.56. The quantitative estimate of drug-likeness (QED) is 0.347. The molecule has 0 unspecified atom stereocenters. The molecule has 0 aliphatic rings. The average Bonchev–Trinajstić information content (AvgIpc) is 2.78. The Hall–Kier alpha value is -4.60. The molecule has 0 saturated carbocycles. The number of hydrogen-bond donors (Lipinski definition) is 1. The topological polar surface area (TPSA) is 133 Å². The molecule has 0 radical (unpaired) electrons. The molecule has 3 aromatic carbocycles. The van der Waals surface area contributed by atoms with E-state index in [1.807, 2.05) is 24.3 Å². The van der Waals surface area contributed by atoms with Crippen LogP contribution >= 0.6 is 0 Å². The molecule has 31 heavy (non-hydrogen) atoms. The Kier molecular flexibility index (Phi) is 5.10. The van der Waals surface area contributed by atoms with Crippen LogP contribution in [0.5, 0.6) is 5.75 Å². The van der Waals surface area contributed by atoms with Gasteiger partial charge in [0.1, 0.15) is 11.6 Å². The van der Waals surface area contributed by atoms with Crippen molar-refractivity contribution < 1.29 is 14.6 Å². The van der Waals surface area contributed by atoms with Gasteiger partial charge in [0.25, 0.3) is 11.4 Å². The van der Waals surface area contributed by atoms with Gasteiger partial charge >= 0.3 is 0 Å². The van der Waals surface area contributed by atoms with Gasteiger partial charge in [0.2, 0.25) is 0 Å². The monoisotopic (exact) mass is 417 g/mol. The molecular weight excluding hydrogens is 402 g/mol. The maximum Gasteiger partial charge on any atom is 0.278 e. The van der Waals surface area contributed by atoms with Gasteiger partial charge in [-0.15, -0.1) is 0 Å². The maximum atomic E-state index is 11.2. The highest BCUT2D eigenvalue weighted by molar-refractivity contribution is 5.92. The zero-order valence-electron chi connectivity index (χ0n) is 16.2. The van der Waals surface area contributed by atoms with Crippen molar-refractivity contribution in [1.29, 1.82) is 0 Å². The molecule has 0 saturated heterocycles. The van der Waals surface area contributed by atoms with Gasteiger partial charge in [0.05, 0.1) is 34.2 Å². The normalized spacial score (nSPS) is 10.6. The standard InChI is InChI=1S/C21H15N5O5/c1-31-17-6-4-5-13(9-17)20-23-19-8-3-2-7-18(19)21(24-20)22-14-10-15(25(27)28)12-16(11-14)26(29)30/h2-12H,1H3,(H,22,23,24). The van der Waals surface area contributed by atoms with Gasteiger partial charge in [-0.05, 0) is 24.3 Å². The minimum absolute atomic E-state index is 0.168. The average molecular weight is 417 g/mol. The molecule has 0 aliphatic heterocycles. The Labute approximate surface area is 175 Å². The molecule has 4 aromatic rings. The number of non-ortho nitro benzene ring substituents is 2. The van der Waals surface area contributed by atoms with Crippen molar-refractivity contribution in [3.63, 3.8) is 0 Å². The molecule has 10 heteroatoms. The molecular formula is C21H15N5O5. The number of nitro benzene ring substituents is 2. The molecule has 0 amide bonds. The molecule has 0 fully saturated rings.